The molecule has 1 aromatic carbocycles. The summed E-state index contributed by atoms with van der Waals surface area (Å²) in [7, 11) is 0. The van der Waals surface area contributed by atoms with Gasteiger partial charge in [0, 0.05) is 10.3 Å². The third-order valence-corrected chi connectivity index (χ3v) is 4.76. The highest BCUT2D eigenvalue weighted by Crippen LogP contribution is 2.30. The van der Waals surface area contributed by atoms with E-state index in [0.29, 0.717) is 0 Å². The molecule has 104 valence electrons. The van der Waals surface area contributed by atoms with Gasteiger partial charge in [-0.15, -0.1) is 11.3 Å². The molecule has 0 spiro atoms. The lowest BCUT2D eigenvalue weighted by Gasteiger charge is -2.04. The number of aryl methyl sites for hydroxylation is 1. The maximum Gasteiger partial charge on any atom is 0.225 e. The van der Waals surface area contributed by atoms with Gasteiger partial charge in [-0.2, -0.15) is 10.1 Å². The fourth-order valence-corrected chi connectivity index (χ4v) is 3.58. The molecule has 0 bridgehead atoms. The second-order valence-electron chi connectivity index (χ2n) is 4.72. The van der Waals surface area contributed by atoms with Crippen molar-refractivity contribution in [2.24, 2.45) is 0 Å². The zero-order valence-corrected chi connectivity index (χ0v) is 12.8. The van der Waals surface area contributed by atoms with Crippen molar-refractivity contribution in [3.8, 4) is 5.82 Å². The van der Waals surface area contributed by atoms with Crippen LogP contribution in [0.1, 0.15) is 11.8 Å². The van der Waals surface area contributed by atoms with Crippen LogP contribution in [0.25, 0.3) is 26.9 Å². The molecule has 0 fully saturated rings. The van der Waals surface area contributed by atoms with E-state index in [-0.39, 0.29) is 5.28 Å². The first-order chi connectivity index (χ1) is 10.3. The van der Waals surface area contributed by atoms with Crippen molar-refractivity contribution in [2.45, 2.75) is 13.3 Å². The number of rotatable bonds is 2. The molecule has 3 aromatic heterocycles. The molecule has 0 aliphatic heterocycles. The lowest BCUT2D eigenvalue weighted by Crippen LogP contribution is -2.01. The van der Waals surface area contributed by atoms with Crippen LogP contribution in [-0.4, -0.2) is 19.7 Å². The maximum atomic E-state index is 6.09. The number of fused-ring (bicyclic) bond motifs is 2. The van der Waals surface area contributed by atoms with Crippen molar-refractivity contribution < 1.29 is 0 Å². The van der Waals surface area contributed by atoms with Crippen molar-refractivity contribution in [3.05, 3.63) is 46.7 Å². The van der Waals surface area contributed by atoms with Crippen LogP contribution in [-0.2, 0) is 6.42 Å². The quantitative estimate of drug-likeness (QED) is 0.520. The first kappa shape index (κ1) is 12.7. The van der Waals surface area contributed by atoms with E-state index in [2.05, 4.69) is 28.1 Å². The molecule has 0 amide bonds. The molecule has 6 heteroatoms. The van der Waals surface area contributed by atoms with Gasteiger partial charge in [0.1, 0.15) is 4.83 Å². The molecule has 0 atom stereocenters. The SMILES string of the molecule is CCc1cc2c(-n3ncc4ccccc43)nc(Cl)nc2s1. The fraction of sp³-hybridized carbons (Fsp3) is 0.133. The van der Waals surface area contributed by atoms with Gasteiger partial charge >= 0.3 is 0 Å². The molecular weight excluding hydrogens is 304 g/mol. The number of nitrogens with zero attached hydrogens (tertiary/aromatic N) is 4. The van der Waals surface area contributed by atoms with E-state index < -0.39 is 0 Å². The highest BCUT2D eigenvalue weighted by molar-refractivity contribution is 7.18. The molecule has 0 N–H and O–H groups in total. The van der Waals surface area contributed by atoms with E-state index in [4.69, 9.17) is 11.6 Å². The molecule has 0 radical (unpaired) electrons. The topological polar surface area (TPSA) is 43.6 Å². The lowest BCUT2D eigenvalue weighted by atomic mass is 10.2. The Balaban J connectivity index is 2.07. The van der Waals surface area contributed by atoms with Crippen LogP contribution in [0.15, 0.2) is 36.5 Å². The van der Waals surface area contributed by atoms with Gasteiger partial charge in [0.25, 0.3) is 0 Å². The van der Waals surface area contributed by atoms with E-state index in [1.807, 2.05) is 35.1 Å². The van der Waals surface area contributed by atoms with E-state index in [1.54, 1.807) is 11.3 Å². The summed E-state index contributed by atoms with van der Waals surface area (Å²) in [6.07, 6.45) is 2.81. The molecule has 0 aliphatic rings. The van der Waals surface area contributed by atoms with E-state index in [1.165, 1.54) is 4.88 Å². The summed E-state index contributed by atoms with van der Waals surface area (Å²) in [4.78, 5) is 10.9. The molecule has 4 nitrogen and oxygen atoms in total. The zero-order chi connectivity index (χ0) is 14.4. The van der Waals surface area contributed by atoms with Crippen LogP contribution < -0.4 is 0 Å². The standard InChI is InChI=1S/C15H11ClN4S/c1-2-10-7-11-13(18-15(16)19-14(11)21-10)20-12-6-4-3-5-9(12)8-17-20/h3-8H,2H2,1H3. The van der Waals surface area contributed by atoms with Crippen LogP contribution in [0.3, 0.4) is 0 Å². The third-order valence-electron chi connectivity index (χ3n) is 3.42. The minimum absolute atomic E-state index is 0.251. The number of aromatic nitrogens is 4. The van der Waals surface area contributed by atoms with Gasteiger partial charge in [-0.3, -0.25) is 0 Å². The van der Waals surface area contributed by atoms with E-state index in [9.17, 15) is 0 Å². The number of halogens is 1. The highest BCUT2D eigenvalue weighted by Gasteiger charge is 2.14. The molecule has 4 rings (SSSR count). The van der Waals surface area contributed by atoms with Crippen LogP contribution in [0, 0.1) is 0 Å². The Kier molecular flexibility index (Phi) is 2.90. The maximum absolute atomic E-state index is 6.09. The van der Waals surface area contributed by atoms with Crippen molar-refractivity contribution in [3.63, 3.8) is 0 Å². The number of hydrogen-bond donors (Lipinski definition) is 0. The van der Waals surface area contributed by atoms with Gasteiger partial charge < -0.3 is 0 Å². The Morgan fingerprint density at radius 3 is 2.95 bits per heavy atom. The van der Waals surface area contributed by atoms with Gasteiger partial charge in [-0.25, -0.2) is 9.67 Å². The second kappa shape index (κ2) is 4.79. The number of thiophene rings is 1. The van der Waals surface area contributed by atoms with Gasteiger partial charge in [0.05, 0.1) is 17.1 Å². The third kappa shape index (κ3) is 2.01. The Morgan fingerprint density at radius 1 is 1.24 bits per heavy atom. The van der Waals surface area contributed by atoms with E-state index in [0.717, 1.165) is 33.4 Å². The average molecular weight is 315 g/mol. The highest BCUT2D eigenvalue weighted by atomic mass is 35.5. The summed E-state index contributed by atoms with van der Waals surface area (Å²) >= 11 is 7.74. The zero-order valence-electron chi connectivity index (χ0n) is 11.2. The summed E-state index contributed by atoms with van der Waals surface area (Å²) in [6, 6.07) is 10.2. The molecule has 0 unspecified atom stereocenters. The minimum atomic E-state index is 0.251. The molecule has 0 aliphatic carbocycles. The molecule has 4 aromatic rings. The van der Waals surface area contributed by atoms with Crippen molar-refractivity contribution in [1.82, 2.24) is 19.7 Å². The van der Waals surface area contributed by atoms with Crippen molar-refractivity contribution >= 4 is 44.1 Å². The summed E-state index contributed by atoms with van der Waals surface area (Å²) in [6.45, 7) is 2.13. The van der Waals surface area contributed by atoms with Crippen LogP contribution in [0.5, 0.6) is 0 Å². The molecule has 0 saturated heterocycles. The summed E-state index contributed by atoms with van der Waals surface area (Å²) in [5, 5.41) is 6.79. The summed E-state index contributed by atoms with van der Waals surface area (Å²) in [5.74, 6) is 0.738. The molecule has 3 heterocycles. The summed E-state index contributed by atoms with van der Waals surface area (Å²) in [5.41, 5.74) is 1.01. The van der Waals surface area contributed by atoms with E-state index >= 15 is 0 Å². The lowest BCUT2D eigenvalue weighted by molar-refractivity contribution is 0.879. The molecular formula is C15H11ClN4S. The van der Waals surface area contributed by atoms with Crippen molar-refractivity contribution in [2.75, 3.05) is 0 Å². The molecule has 0 saturated carbocycles. The van der Waals surface area contributed by atoms with Gasteiger partial charge in [0.15, 0.2) is 5.82 Å². The average Bonchev–Trinajstić information content (AvgIpc) is 3.09. The van der Waals surface area contributed by atoms with Gasteiger partial charge in [-0.1, -0.05) is 25.1 Å². The second-order valence-corrected chi connectivity index (χ2v) is 6.17. The predicted octanol–water partition coefficient (Wildman–Crippen LogP) is 4.25. The number of benzene rings is 1. The van der Waals surface area contributed by atoms with Crippen LogP contribution >= 0.6 is 22.9 Å². The van der Waals surface area contributed by atoms with Crippen LogP contribution in [0.2, 0.25) is 5.28 Å². The Bertz CT molecular complexity index is 957. The largest absolute Gasteiger partial charge is 0.225 e. The first-order valence-electron chi connectivity index (χ1n) is 6.65. The van der Waals surface area contributed by atoms with Crippen molar-refractivity contribution in [1.29, 1.82) is 0 Å². The Hall–Kier alpha value is -1.98. The normalized spacial score (nSPS) is 11.5. The first-order valence-corrected chi connectivity index (χ1v) is 7.85. The van der Waals surface area contributed by atoms with Gasteiger partial charge in [0.2, 0.25) is 5.28 Å². The minimum Gasteiger partial charge on any atom is -0.214 e. The Morgan fingerprint density at radius 2 is 2.10 bits per heavy atom. The number of para-hydroxylation sites is 1. The Labute approximate surface area is 130 Å². The van der Waals surface area contributed by atoms with Gasteiger partial charge in [-0.05, 0) is 30.2 Å². The monoisotopic (exact) mass is 314 g/mol. The summed E-state index contributed by atoms with van der Waals surface area (Å²) < 4.78 is 1.83. The van der Waals surface area contributed by atoms with Crippen LogP contribution in [0.4, 0.5) is 0 Å². The number of hydrogen-bond acceptors (Lipinski definition) is 4. The fourth-order valence-electron chi connectivity index (χ4n) is 2.41. The smallest absolute Gasteiger partial charge is 0.214 e. The molecule has 21 heavy (non-hydrogen) atoms. The predicted molar refractivity (Wildman–Crippen MR) is 86.4 cm³/mol.